The maximum Gasteiger partial charge on any atom is 0.490 e. The Morgan fingerprint density at radius 1 is 1.34 bits per heavy atom. The fourth-order valence-electron chi connectivity index (χ4n) is 2.47. The maximum atomic E-state index is 12.8. The molecule has 160 valence electrons. The topological polar surface area (TPSA) is 122 Å². The van der Waals surface area contributed by atoms with Gasteiger partial charge in [-0.2, -0.15) is 32.0 Å². The second-order valence-electron chi connectivity index (χ2n) is 6.03. The molecule has 0 unspecified atom stereocenters. The standard InChI is InChI=1S/C13H17F2N7.C2HF3O2/c1-7-9(4-18-22(7)12(14)15)10-3-11(20-13(16)19-10)21-5-8(6-21)17-2;3-2(4,5)1(6)7/h3-4,8,12,17H,5-6H2,1-2H3,(H2,16,19,20);(H,6,7). The van der Waals surface area contributed by atoms with Gasteiger partial charge in [-0.1, -0.05) is 0 Å². The largest absolute Gasteiger partial charge is 0.490 e. The van der Waals surface area contributed by atoms with Crippen LogP contribution in [0, 0.1) is 6.92 Å². The molecule has 0 radical (unpaired) electrons. The lowest BCUT2D eigenvalue weighted by molar-refractivity contribution is -0.192. The summed E-state index contributed by atoms with van der Waals surface area (Å²) in [7, 11) is 1.91. The predicted molar refractivity (Wildman–Crippen MR) is 92.4 cm³/mol. The van der Waals surface area contributed by atoms with Crippen LogP contribution in [0.15, 0.2) is 12.3 Å². The average Bonchev–Trinajstić information content (AvgIpc) is 2.95. The lowest BCUT2D eigenvalue weighted by Crippen LogP contribution is -2.57. The van der Waals surface area contributed by atoms with Gasteiger partial charge in [-0.25, -0.2) is 14.5 Å². The van der Waals surface area contributed by atoms with Crippen molar-refractivity contribution in [3.8, 4) is 11.3 Å². The van der Waals surface area contributed by atoms with Gasteiger partial charge in [-0.05, 0) is 14.0 Å². The zero-order chi connectivity index (χ0) is 21.9. The van der Waals surface area contributed by atoms with Crippen molar-refractivity contribution in [3.05, 3.63) is 18.0 Å². The minimum Gasteiger partial charge on any atom is -0.475 e. The summed E-state index contributed by atoms with van der Waals surface area (Å²) >= 11 is 0. The number of nitrogens with two attached hydrogens (primary N) is 1. The normalized spacial score (nSPS) is 14.4. The minimum atomic E-state index is -5.08. The van der Waals surface area contributed by atoms with E-state index in [0.717, 1.165) is 13.1 Å². The number of aliphatic carboxylic acids is 1. The molecule has 1 aliphatic heterocycles. The number of carboxylic acids is 1. The highest BCUT2D eigenvalue weighted by atomic mass is 19.4. The van der Waals surface area contributed by atoms with Gasteiger partial charge in [-0.15, -0.1) is 0 Å². The Morgan fingerprint density at radius 3 is 2.38 bits per heavy atom. The van der Waals surface area contributed by atoms with Crippen LogP contribution in [0.5, 0.6) is 0 Å². The quantitative estimate of drug-likeness (QED) is 0.635. The van der Waals surface area contributed by atoms with Crippen LogP contribution in [0.1, 0.15) is 12.2 Å². The molecule has 0 spiro atoms. The van der Waals surface area contributed by atoms with Crippen LogP contribution in [0.4, 0.5) is 33.7 Å². The fraction of sp³-hybridized carbons (Fsp3) is 0.467. The Kier molecular flexibility index (Phi) is 6.56. The van der Waals surface area contributed by atoms with Crippen LogP contribution in [0.2, 0.25) is 0 Å². The van der Waals surface area contributed by atoms with E-state index in [4.69, 9.17) is 15.6 Å². The van der Waals surface area contributed by atoms with Crippen LogP contribution in [0.25, 0.3) is 11.3 Å². The van der Waals surface area contributed by atoms with Gasteiger partial charge in [0.25, 0.3) is 0 Å². The van der Waals surface area contributed by atoms with E-state index in [-0.39, 0.29) is 5.95 Å². The third-order valence-electron chi connectivity index (χ3n) is 4.09. The molecule has 0 atom stereocenters. The molecule has 14 heteroatoms. The van der Waals surface area contributed by atoms with Gasteiger partial charge in [0, 0.05) is 30.8 Å². The number of nitrogens with one attached hydrogen (secondary N) is 1. The number of carbonyl (C=O) groups is 1. The van der Waals surface area contributed by atoms with Gasteiger partial charge in [0.15, 0.2) is 0 Å². The monoisotopic (exact) mass is 423 g/mol. The summed E-state index contributed by atoms with van der Waals surface area (Å²) in [5.74, 6) is -1.95. The summed E-state index contributed by atoms with van der Waals surface area (Å²) in [6.07, 6.45) is -3.71. The smallest absolute Gasteiger partial charge is 0.475 e. The van der Waals surface area contributed by atoms with Crippen LogP contribution in [0.3, 0.4) is 0 Å². The van der Waals surface area contributed by atoms with Crippen molar-refractivity contribution in [3.63, 3.8) is 0 Å². The van der Waals surface area contributed by atoms with Crippen molar-refractivity contribution in [2.45, 2.75) is 25.7 Å². The second-order valence-corrected chi connectivity index (χ2v) is 6.03. The lowest BCUT2D eigenvalue weighted by atomic mass is 10.1. The van der Waals surface area contributed by atoms with E-state index < -0.39 is 18.7 Å². The van der Waals surface area contributed by atoms with E-state index in [0.29, 0.717) is 33.5 Å². The number of anilines is 2. The first-order chi connectivity index (χ1) is 13.4. The number of aromatic nitrogens is 4. The molecule has 0 saturated carbocycles. The van der Waals surface area contributed by atoms with Gasteiger partial charge in [0.1, 0.15) is 5.82 Å². The predicted octanol–water partition coefficient (Wildman–Crippen LogP) is 1.67. The highest BCUT2D eigenvalue weighted by Gasteiger charge is 2.38. The Hall–Kier alpha value is -3.03. The SMILES string of the molecule is CNC1CN(c2cc(-c3cnn(C(F)F)c3C)nc(N)n2)C1.O=C(O)C(F)(F)F. The molecule has 9 nitrogen and oxygen atoms in total. The van der Waals surface area contributed by atoms with Crippen molar-refractivity contribution in [2.75, 3.05) is 30.8 Å². The Morgan fingerprint density at radius 2 is 1.93 bits per heavy atom. The molecule has 29 heavy (non-hydrogen) atoms. The van der Waals surface area contributed by atoms with E-state index >= 15 is 0 Å². The zero-order valence-electron chi connectivity index (χ0n) is 15.3. The number of hydrogen-bond acceptors (Lipinski definition) is 7. The number of carboxylic acid groups (broad SMARTS) is 1. The fourth-order valence-corrected chi connectivity index (χ4v) is 2.47. The first-order valence-electron chi connectivity index (χ1n) is 8.13. The molecule has 2 aromatic rings. The van der Waals surface area contributed by atoms with Crippen molar-refractivity contribution in [1.29, 1.82) is 0 Å². The van der Waals surface area contributed by atoms with Crippen LogP contribution < -0.4 is 16.0 Å². The number of rotatable bonds is 4. The molecule has 2 aromatic heterocycles. The maximum absolute atomic E-state index is 12.8. The third kappa shape index (κ3) is 5.28. The number of hydrogen-bond donors (Lipinski definition) is 3. The van der Waals surface area contributed by atoms with Crippen molar-refractivity contribution >= 4 is 17.7 Å². The number of alkyl halides is 5. The molecule has 0 aromatic carbocycles. The number of nitrogens with zero attached hydrogens (tertiary/aromatic N) is 5. The van der Waals surface area contributed by atoms with Gasteiger partial charge in [0.2, 0.25) is 5.95 Å². The van der Waals surface area contributed by atoms with E-state index in [9.17, 15) is 22.0 Å². The van der Waals surface area contributed by atoms with Crippen molar-refractivity contribution in [1.82, 2.24) is 25.1 Å². The van der Waals surface area contributed by atoms with Crippen LogP contribution in [-0.2, 0) is 4.79 Å². The molecule has 4 N–H and O–H groups in total. The summed E-state index contributed by atoms with van der Waals surface area (Å²) in [6.45, 7) is 0.537. The summed E-state index contributed by atoms with van der Waals surface area (Å²) in [5, 5.41) is 14.0. The average molecular weight is 423 g/mol. The zero-order valence-corrected chi connectivity index (χ0v) is 15.3. The molecular formula is C15H18F5N7O2. The van der Waals surface area contributed by atoms with Gasteiger partial charge in [0.05, 0.1) is 17.6 Å². The molecule has 3 heterocycles. The Bertz CT molecular complexity index is 865. The molecule has 0 bridgehead atoms. The molecule has 1 saturated heterocycles. The number of halogens is 5. The van der Waals surface area contributed by atoms with Gasteiger partial charge in [-0.3, -0.25) is 0 Å². The summed E-state index contributed by atoms with van der Waals surface area (Å²) in [5.41, 5.74) is 7.13. The van der Waals surface area contributed by atoms with Crippen molar-refractivity contribution in [2.24, 2.45) is 0 Å². The summed E-state index contributed by atoms with van der Waals surface area (Å²) in [4.78, 5) is 19.3. The highest BCUT2D eigenvalue weighted by Crippen LogP contribution is 2.28. The first-order valence-corrected chi connectivity index (χ1v) is 8.13. The highest BCUT2D eigenvalue weighted by molar-refractivity contribution is 5.73. The van der Waals surface area contributed by atoms with Gasteiger partial charge >= 0.3 is 18.7 Å². The third-order valence-corrected chi connectivity index (χ3v) is 4.09. The molecule has 1 aliphatic rings. The van der Waals surface area contributed by atoms with Crippen LogP contribution >= 0.6 is 0 Å². The number of nitrogen functional groups attached to an aromatic ring is 1. The molecule has 1 fully saturated rings. The van der Waals surface area contributed by atoms with E-state index in [1.165, 1.54) is 6.20 Å². The van der Waals surface area contributed by atoms with Crippen LogP contribution in [-0.4, -0.2) is 63.2 Å². The van der Waals surface area contributed by atoms with E-state index in [2.05, 4.69) is 25.3 Å². The Labute approximate surface area is 161 Å². The number of likely N-dealkylation sites (N-methyl/N-ethyl adjacent to an activating group) is 1. The second kappa shape index (κ2) is 8.55. The van der Waals surface area contributed by atoms with Gasteiger partial charge < -0.3 is 21.1 Å². The molecular weight excluding hydrogens is 405 g/mol. The summed E-state index contributed by atoms with van der Waals surface area (Å²) in [6, 6.07) is 2.17. The minimum absolute atomic E-state index is 0.115. The van der Waals surface area contributed by atoms with E-state index in [1.54, 1.807) is 13.0 Å². The first kappa shape index (κ1) is 22.3. The molecule has 0 aliphatic carbocycles. The molecule has 3 rings (SSSR count). The van der Waals surface area contributed by atoms with E-state index in [1.807, 2.05) is 7.05 Å². The molecule has 0 amide bonds. The summed E-state index contributed by atoms with van der Waals surface area (Å²) < 4.78 is 58.0. The Balaban J connectivity index is 0.000000370. The lowest BCUT2D eigenvalue weighted by Gasteiger charge is -2.40. The van der Waals surface area contributed by atoms with Crippen molar-refractivity contribution < 1.29 is 31.9 Å².